The first-order chi connectivity index (χ1) is 13.5. The van der Waals surface area contributed by atoms with E-state index in [9.17, 15) is 15.0 Å². The lowest BCUT2D eigenvalue weighted by atomic mass is 9.95. The van der Waals surface area contributed by atoms with Crippen molar-refractivity contribution in [2.45, 2.75) is 13.0 Å². The van der Waals surface area contributed by atoms with Crippen molar-refractivity contribution in [2.24, 2.45) is 0 Å². The Labute approximate surface area is 169 Å². The van der Waals surface area contributed by atoms with E-state index in [0.717, 1.165) is 5.56 Å². The number of hydrogen-bond donors (Lipinski definition) is 3. The molecule has 0 spiro atoms. The molecule has 7 nitrogen and oxygen atoms in total. The SMILES string of the molecule is CCN1C(=O)c2[nH]nc(-c3ccccc3O)c2C1c1cc(Br)c(O)c(OC)c1. The molecule has 0 radical (unpaired) electrons. The second-order valence-corrected chi connectivity index (χ2v) is 7.28. The van der Waals surface area contributed by atoms with Crippen LogP contribution >= 0.6 is 15.9 Å². The van der Waals surface area contributed by atoms with Crippen molar-refractivity contribution < 1.29 is 19.7 Å². The summed E-state index contributed by atoms with van der Waals surface area (Å²) >= 11 is 3.35. The lowest BCUT2D eigenvalue weighted by Gasteiger charge is -2.25. The highest BCUT2D eigenvalue weighted by atomic mass is 79.9. The third kappa shape index (κ3) is 2.63. The Bertz CT molecular complexity index is 1080. The van der Waals surface area contributed by atoms with Gasteiger partial charge >= 0.3 is 0 Å². The predicted molar refractivity (Wildman–Crippen MR) is 107 cm³/mol. The van der Waals surface area contributed by atoms with Crippen LogP contribution in [0.1, 0.15) is 34.6 Å². The third-order valence-electron chi connectivity index (χ3n) is 4.95. The van der Waals surface area contributed by atoms with Crippen LogP contribution < -0.4 is 4.74 Å². The second-order valence-electron chi connectivity index (χ2n) is 6.43. The number of rotatable bonds is 4. The number of aromatic hydroxyl groups is 2. The Morgan fingerprint density at radius 1 is 1.29 bits per heavy atom. The normalized spacial score (nSPS) is 15.8. The zero-order valence-electron chi connectivity index (χ0n) is 15.2. The summed E-state index contributed by atoms with van der Waals surface area (Å²) in [6, 6.07) is 9.91. The number of benzene rings is 2. The molecule has 3 N–H and O–H groups in total. The molecule has 1 amide bonds. The van der Waals surface area contributed by atoms with Crippen LogP contribution in [0.15, 0.2) is 40.9 Å². The van der Waals surface area contributed by atoms with Crippen molar-refractivity contribution in [1.82, 2.24) is 15.1 Å². The van der Waals surface area contributed by atoms with Gasteiger partial charge < -0.3 is 19.8 Å². The Morgan fingerprint density at radius 2 is 2.04 bits per heavy atom. The Morgan fingerprint density at radius 3 is 2.71 bits per heavy atom. The average Bonchev–Trinajstić information content (AvgIpc) is 3.23. The van der Waals surface area contributed by atoms with Crippen molar-refractivity contribution >= 4 is 21.8 Å². The van der Waals surface area contributed by atoms with Crippen LogP contribution in [-0.2, 0) is 0 Å². The van der Waals surface area contributed by atoms with E-state index in [1.807, 2.05) is 6.92 Å². The van der Waals surface area contributed by atoms with E-state index in [-0.39, 0.29) is 17.4 Å². The maximum absolute atomic E-state index is 12.9. The first-order valence-corrected chi connectivity index (χ1v) is 9.51. The molecule has 1 atom stereocenters. The van der Waals surface area contributed by atoms with Gasteiger partial charge in [-0.25, -0.2) is 0 Å². The fraction of sp³-hybridized carbons (Fsp3) is 0.200. The van der Waals surface area contributed by atoms with Crippen LogP contribution in [0.25, 0.3) is 11.3 Å². The molecule has 1 aromatic heterocycles. The summed E-state index contributed by atoms with van der Waals surface area (Å²) in [5.74, 6) is 0.211. The van der Waals surface area contributed by atoms with Gasteiger partial charge in [-0.1, -0.05) is 12.1 Å². The van der Waals surface area contributed by atoms with Crippen molar-refractivity contribution in [1.29, 1.82) is 0 Å². The van der Waals surface area contributed by atoms with Gasteiger partial charge in [-0.05, 0) is 52.7 Å². The molecule has 1 aliphatic rings. The fourth-order valence-corrected chi connectivity index (χ4v) is 4.12. The van der Waals surface area contributed by atoms with E-state index in [4.69, 9.17) is 4.74 Å². The Balaban J connectivity index is 1.95. The molecule has 4 rings (SSSR count). The summed E-state index contributed by atoms with van der Waals surface area (Å²) in [6.07, 6.45) is 0. The number of para-hydroxylation sites is 1. The van der Waals surface area contributed by atoms with Crippen LogP contribution in [0.4, 0.5) is 0 Å². The molecule has 1 unspecified atom stereocenters. The molecule has 3 aromatic rings. The van der Waals surface area contributed by atoms with Crippen LogP contribution in [0.2, 0.25) is 0 Å². The lowest BCUT2D eigenvalue weighted by molar-refractivity contribution is 0.0753. The minimum absolute atomic E-state index is 0.00744. The van der Waals surface area contributed by atoms with E-state index in [1.54, 1.807) is 41.3 Å². The van der Waals surface area contributed by atoms with Crippen molar-refractivity contribution in [3.63, 3.8) is 0 Å². The Kier molecular flexibility index (Phi) is 4.50. The van der Waals surface area contributed by atoms with Crippen LogP contribution in [0, 0.1) is 0 Å². The molecule has 0 saturated heterocycles. The van der Waals surface area contributed by atoms with Crippen molar-refractivity contribution in [3.8, 4) is 28.5 Å². The number of aromatic amines is 1. The van der Waals surface area contributed by atoms with Gasteiger partial charge in [-0.15, -0.1) is 0 Å². The van der Waals surface area contributed by atoms with Gasteiger partial charge in [-0.2, -0.15) is 5.10 Å². The molecule has 0 saturated carbocycles. The smallest absolute Gasteiger partial charge is 0.273 e. The number of phenolic OH excluding ortho intramolecular Hbond substituents is 2. The summed E-state index contributed by atoms with van der Waals surface area (Å²) in [7, 11) is 1.47. The van der Waals surface area contributed by atoms with Crippen molar-refractivity contribution in [2.75, 3.05) is 13.7 Å². The van der Waals surface area contributed by atoms with Crippen LogP contribution in [0.3, 0.4) is 0 Å². The van der Waals surface area contributed by atoms with Gasteiger partial charge in [0.05, 0.1) is 17.6 Å². The van der Waals surface area contributed by atoms with Gasteiger partial charge in [0.2, 0.25) is 0 Å². The first kappa shape index (κ1) is 18.4. The number of amides is 1. The molecular formula is C20H18BrN3O4. The first-order valence-electron chi connectivity index (χ1n) is 8.71. The summed E-state index contributed by atoms with van der Waals surface area (Å²) in [5, 5.41) is 27.6. The zero-order chi connectivity index (χ0) is 20.0. The van der Waals surface area contributed by atoms with Gasteiger partial charge in [0.15, 0.2) is 11.5 Å². The highest BCUT2D eigenvalue weighted by Crippen LogP contribution is 2.47. The molecule has 28 heavy (non-hydrogen) atoms. The minimum Gasteiger partial charge on any atom is -0.507 e. The largest absolute Gasteiger partial charge is 0.507 e. The summed E-state index contributed by atoms with van der Waals surface area (Å²) in [6.45, 7) is 2.38. The number of fused-ring (bicyclic) bond motifs is 1. The number of aromatic nitrogens is 2. The van der Waals surface area contributed by atoms with Crippen LogP contribution in [-0.4, -0.2) is 44.9 Å². The molecule has 0 bridgehead atoms. The van der Waals surface area contributed by atoms with E-state index in [0.29, 0.717) is 39.3 Å². The number of hydrogen-bond acceptors (Lipinski definition) is 5. The van der Waals surface area contributed by atoms with E-state index in [1.165, 1.54) is 7.11 Å². The van der Waals surface area contributed by atoms with Gasteiger partial charge in [0, 0.05) is 17.7 Å². The topological polar surface area (TPSA) is 98.7 Å². The number of nitrogens with zero attached hydrogens (tertiary/aromatic N) is 2. The van der Waals surface area contributed by atoms with Gasteiger partial charge in [0.1, 0.15) is 17.1 Å². The number of nitrogens with one attached hydrogen (secondary N) is 1. The zero-order valence-corrected chi connectivity index (χ0v) is 16.8. The van der Waals surface area contributed by atoms with E-state index < -0.39 is 6.04 Å². The number of ether oxygens (including phenoxy) is 1. The maximum Gasteiger partial charge on any atom is 0.273 e. The second kappa shape index (κ2) is 6.87. The highest BCUT2D eigenvalue weighted by molar-refractivity contribution is 9.10. The molecule has 2 heterocycles. The van der Waals surface area contributed by atoms with Gasteiger partial charge in [0.25, 0.3) is 5.91 Å². The average molecular weight is 444 g/mol. The third-order valence-corrected chi connectivity index (χ3v) is 5.55. The molecule has 0 aliphatic carbocycles. The number of phenols is 2. The van der Waals surface area contributed by atoms with E-state index in [2.05, 4.69) is 26.1 Å². The highest BCUT2D eigenvalue weighted by Gasteiger charge is 2.42. The molecule has 0 fully saturated rings. The summed E-state index contributed by atoms with van der Waals surface area (Å²) in [4.78, 5) is 14.7. The molecule has 144 valence electrons. The van der Waals surface area contributed by atoms with Crippen molar-refractivity contribution in [3.05, 3.63) is 57.7 Å². The number of methoxy groups -OCH3 is 1. The molecule has 1 aliphatic heterocycles. The minimum atomic E-state index is -0.438. The lowest BCUT2D eigenvalue weighted by Crippen LogP contribution is -2.29. The number of carbonyl (C=O) groups excluding carboxylic acids is 1. The number of halogens is 1. The van der Waals surface area contributed by atoms with Crippen LogP contribution in [0.5, 0.6) is 17.2 Å². The fourth-order valence-electron chi connectivity index (χ4n) is 3.66. The Hall–Kier alpha value is -3.00. The molecule has 8 heteroatoms. The maximum atomic E-state index is 12.9. The summed E-state index contributed by atoms with van der Waals surface area (Å²) < 4.78 is 5.74. The molecule has 2 aromatic carbocycles. The monoisotopic (exact) mass is 443 g/mol. The number of H-pyrrole nitrogens is 1. The number of carbonyl (C=O) groups is 1. The van der Waals surface area contributed by atoms with Gasteiger partial charge in [-0.3, -0.25) is 9.89 Å². The standard InChI is InChI=1S/C20H18BrN3O4/c1-3-24-18(10-8-12(21)19(26)14(9-10)28-2)15-16(22-23-17(15)20(24)27)11-6-4-5-7-13(11)25/h4-9,18,25-26H,3H2,1-2H3,(H,22,23). The predicted octanol–water partition coefficient (Wildman–Crippen LogP) is 3.82. The van der Waals surface area contributed by atoms with E-state index >= 15 is 0 Å². The summed E-state index contributed by atoms with van der Waals surface area (Å²) in [5.41, 5.74) is 2.90. The molecular weight excluding hydrogens is 426 g/mol. The quantitative estimate of drug-likeness (QED) is 0.568.